The molecule has 0 saturated heterocycles. The smallest absolute Gasteiger partial charge is 0.356 e. The predicted molar refractivity (Wildman–Crippen MR) is 66.3 cm³/mol. The summed E-state index contributed by atoms with van der Waals surface area (Å²) in [5.41, 5.74) is 1.79. The van der Waals surface area contributed by atoms with Gasteiger partial charge in [0.05, 0.1) is 13.3 Å². The molecule has 0 atom stereocenters. The third kappa shape index (κ3) is 2.55. The van der Waals surface area contributed by atoms with Gasteiger partial charge in [-0.2, -0.15) is 11.3 Å². The highest BCUT2D eigenvalue weighted by atomic mass is 32.1. The van der Waals surface area contributed by atoms with Gasteiger partial charge in [0.2, 0.25) is 0 Å². The molecule has 0 N–H and O–H groups in total. The molecule has 0 aliphatic rings. The van der Waals surface area contributed by atoms with Crippen molar-refractivity contribution < 1.29 is 9.53 Å². The molecule has 4 nitrogen and oxygen atoms in total. The van der Waals surface area contributed by atoms with Crippen molar-refractivity contribution in [3.63, 3.8) is 0 Å². The molecule has 2 rings (SSSR count). The molecule has 0 spiro atoms. The highest BCUT2D eigenvalue weighted by Crippen LogP contribution is 2.11. The number of nitrogens with zero attached hydrogens (tertiary/aromatic N) is 2. The minimum Gasteiger partial charge on any atom is -0.464 e. The molecular weight excluding hydrogens is 236 g/mol. The van der Waals surface area contributed by atoms with Gasteiger partial charge in [0.15, 0.2) is 0 Å². The molecule has 0 aliphatic carbocycles. The Kier molecular flexibility index (Phi) is 3.58. The Morgan fingerprint density at radius 2 is 2.41 bits per heavy atom. The number of thiophene rings is 1. The van der Waals surface area contributed by atoms with Crippen LogP contribution in [0.5, 0.6) is 0 Å². The lowest BCUT2D eigenvalue weighted by molar-refractivity contribution is 0.0588. The summed E-state index contributed by atoms with van der Waals surface area (Å²) in [6.45, 7) is 2.63. The fraction of sp³-hybridized carbons (Fsp3) is 0.333. The molecule has 0 saturated carbocycles. The highest BCUT2D eigenvalue weighted by molar-refractivity contribution is 7.07. The minimum absolute atomic E-state index is 0.337. The molecule has 2 aromatic rings. The van der Waals surface area contributed by atoms with Crippen LogP contribution in [0.1, 0.15) is 21.9 Å². The number of carbonyl (C=O) groups is 1. The normalized spacial score (nSPS) is 10.5. The highest BCUT2D eigenvalue weighted by Gasteiger charge is 2.14. The largest absolute Gasteiger partial charge is 0.464 e. The average molecular weight is 250 g/mol. The van der Waals surface area contributed by atoms with E-state index in [1.54, 1.807) is 17.5 Å². The van der Waals surface area contributed by atoms with Gasteiger partial charge in [-0.15, -0.1) is 0 Å². The van der Waals surface area contributed by atoms with Crippen LogP contribution in [0.25, 0.3) is 0 Å². The van der Waals surface area contributed by atoms with Crippen molar-refractivity contribution in [3.8, 4) is 0 Å². The van der Waals surface area contributed by atoms with Crippen LogP contribution in [0, 0.1) is 6.92 Å². The second-order valence-electron chi connectivity index (χ2n) is 3.72. The molecule has 5 heteroatoms. The predicted octanol–water partition coefficient (Wildman–Crippen LogP) is 2.28. The maximum absolute atomic E-state index is 11.5. The first-order valence-electron chi connectivity index (χ1n) is 5.34. The van der Waals surface area contributed by atoms with Crippen LogP contribution in [-0.2, 0) is 17.7 Å². The van der Waals surface area contributed by atoms with Gasteiger partial charge in [-0.05, 0) is 35.7 Å². The second kappa shape index (κ2) is 5.14. The number of carbonyl (C=O) groups excluding carboxylic acids is 1. The molecule has 0 aromatic carbocycles. The number of rotatable bonds is 4. The van der Waals surface area contributed by atoms with Gasteiger partial charge < -0.3 is 9.30 Å². The lowest BCUT2D eigenvalue weighted by atomic mass is 10.2. The van der Waals surface area contributed by atoms with E-state index in [2.05, 4.69) is 21.8 Å². The number of methoxy groups -OCH3 is 1. The van der Waals surface area contributed by atoms with Crippen LogP contribution in [0.4, 0.5) is 0 Å². The number of hydrogen-bond acceptors (Lipinski definition) is 4. The van der Waals surface area contributed by atoms with Gasteiger partial charge in [-0.3, -0.25) is 0 Å². The SMILES string of the molecule is COC(=O)c1cnc(C)n1CCc1ccsc1. The summed E-state index contributed by atoms with van der Waals surface area (Å²) in [4.78, 5) is 15.7. The second-order valence-corrected chi connectivity index (χ2v) is 4.50. The Morgan fingerprint density at radius 3 is 3.06 bits per heavy atom. The summed E-state index contributed by atoms with van der Waals surface area (Å²) in [7, 11) is 1.38. The Labute approximate surface area is 104 Å². The molecule has 2 heterocycles. The number of hydrogen-bond donors (Lipinski definition) is 0. The van der Waals surface area contributed by atoms with Gasteiger partial charge >= 0.3 is 5.97 Å². The fourth-order valence-corrected chi connectivity index (χ4v) is 2.40. The lowest BCUT2D eigenvalue weighted by Crippen LogP contribution is -2.13. The number of ether oxygens (including phenoxy) is 1. The van der Waals surface area contributed by atoms with Crippen molar-refractivity contribution in [1.29, 1.82) is 0 Å². The molecule has 0 aliphatic heterocycles. The maximum atomic E-state index is 11.5. The van der Waals surface area contributed by atoms with Gasteiger partial charge in [0, 0.05) is 6.54 Å². The standard InChI is InChI=1S/C12H14N2O2S/c1-9-13-7-11(12(15)16-2)14(9)5-3-10-4-6-17-8-10/h4,6-8H,3,5H2,1-2H3. The van der Waals surface area contributed by atoms with Gasteiger partial charge in [-0.25, -0.2) is 9.78 Å². The van der Waals surface area contributed by atoms with Crippen LogP contribution in [0.15, 0.2) is 23.0 Å². The molecule has 0 radical (unpaired) electrons. The Balaban J connectivity index is 2.14. The number of imidazole rings is 1. The van der Waals surface area contributed by atoms with Crippen molar-refractivity contribution in [1.82, 2.24) is 9.55 Å². The van der Waals surface area contributed by atoms with E-state index >= 15 is 0 Å². The number of aryl methyl sites for hydroxylation is 2. The van der Waals surface area contributed by atoms with E-state index in [1.165, 1.54) is 12.7 Å². The maximum Gasteiger partial charge on any atom is 0.356 e. The van der Waals surface area contributed by atoms with Crippen molar-refractivity contribution in [2.75, 3.05) is 7.11 Å². The van der Waals surface area contributed by atoms with Crippen LogP contribution in [0.3, 0.4) is 0 Å². The third-order valence-corrected chi connectivity index (χ3v) is 3.39. The van der Waals surface area contributed by atoms with Crippen LogP contribution < -0.4 is 0 Å². The molecule has 90 valence electrons. The zero-order chi connectivity index (χ0) is 12.3. The van der Waals surface area contributed by atoms with E-state index in [0.717, 1.165) is 18.8 Å². The first kappa shape index (κ1) is 11.9. The van der Waals surface area contributed by atoms with Crippen molar-refractivity contribution in [3.05, 3.63) is 40.1 Å². The minimum atomic E-state index is -0.337. The van der Waals surface area contributed by atoms with E-state index in [1.807, 2.05) is 11.5 Å². The number of aromatic nitrogens is 2. The summed E-state index contributed by atoms with van der Waals surface area (Å²) in [5.74, 6) is 0.497. The lowest BCUT2D eigenvalue weighted by Gasteiger charge is -2.08. The molecule has 17 heavy (non-hydrogen) atoms. The summed E-state index contributed by atoms with van der Waals surface area (Å²) in [6.07, 6.45) is 2.46. The third-order valence-electron chi connectivity index (χ3n) is 2.65. The molecule has 0 fully saturated rings. The quantitative estimate of drug-likeness (QED) is 0.782. The van der Waals surface area contributed by atoms with Gasteiger partial charge in [0.1, 0.15) is 11.5 Å². The van der Waals surface area contributed by atoms with E-state index in [-0.39, 0.29) is 5.97 Å². The van der Waals surface area contributed by atoms with Crippen LogP contribution in [-0.4, -0.2) is 22.6 Å². The van der Waals surface area contributed by atoms with Crippen LogP contribution in [0.2, 0.25) is 0 Å². The van der Waals surface area contributed by atoms with Crippen molar-refractivity contribution >= 4 is 17.3 Å². The van der Waals surface area contributed by atoms with Crippen LogP contribution >= 0.6 is 11.3 Å². The topological polar surface area (TPSA) is 44.1 Å². The van der Waals surface area contributed by atoms with E-state index in [9.17, 15) is 4.79 Å². The Bertz CT molecular complexity index is 503. The monoisotopic (exact) mass is 250 g/mol. The van der Waals surface area contributed by atoms with Crippen molar-refractivity contribution in [2.24, 2.45) is 0 Å². The average Bonchev–Trinajstić information content (AvgIpc) is 2.95. The zero-order valence-electron chi connectivity index (χ0n) is 9.84. The molecule has 0 unspecified atom stereocenters. The molecule has 2 aromatic heterocycles. The van der Waals surface area contributed by atoms with Crippen molar-refractivity contribution in [2.45, 2.75) is 19.9 Å². The Hall–Kier alpha value is -1.62. The summed E-state index contributed by atoms with van der Waals surface area (Å²) < 4.78 is 6.62. The first-order chi connectivity index (χ1) is 8.22. The number of esters is 1. The summed E-state index contributed by atoms with van der Waals surface area (Å²) >= 11 is 1.68. The van der Waals surface area contributed by atoms with Gasteiger partial charge in [0.25, 0.3) is 0 Å². The molecule has 0 amide bonds. The summed E-state index contributed by atoms with van der Waals surface area (Å²) in [5, 5.41) is 4.17. The first-order valence-corrected chi connectivity index (χ1v) is 6.28. The van der Waals surface area contributed by atoms with E-state index in [4.69, 9.17) is 4.74 Å². The molecular formula is C12H14N2O2S. The fourth-order valence-electron chi connectivity index (χ4n) is 1.69. The van der Waals surface area contributed by atoms with E-state index < -0.39 is 0 Å². The Morgan fingerprint density at radius 1 is 1.59 bits per heavy atom. The van der Waals surface area contributed by atoms with E-state index in [0.29, 0.717) is 5.69 Å². The zero-order valence-corrected chi connectivity index (χ0v) is 10.7. The molecule has 0 bridgehead atoms. The van der Waals surface area contributed by atoms with Gasteiger partial charge in [-0.1, -0.05) is 0 Å². The summed E-state index contributed by atoms with van der Waals surface area (Å²) in [6, 6.07) is 2.09.